The first-order valence-electron chi connectivity index (χ1n) is 10.6. The van der Waals surface area contributed by atoms with E-state index in [1.165, 1.54) is 76.3 Å². The summed E-state index contributed by atoms with van der Waals surface area (Å²) in [5.41, 5.74) is 0.785. The Labute approximate surface area is 164 Å². The molecule has 0 fully saturated rings. The molecule has 1 aromatic rings. The Morgan fingerprint density at radius 1 is 1.00 bits per heavy atom. The third kappa shape index (κ3) is 11.1. The van der Waals surface area contributed by atoms with Gasteiger partial charge in [-0.3, -0.25) is 0 Å². The Balaban J connectivity index is 2.07. The second kappa shape index (κ2) is 15.6. The highest BCUT2D eigenvalue weighted by Gasteiger charge is 2.09. The summed E-state index contributed by atoms with van der Waals surface area (Å²) in [6.45, 7) is 2.53. The molecular formula is C23H36FNO2. The molecule has 4 heteroatoms. The van der Waals surface area contributed by atoms with E-state index in [9.17, 15) is 9.50 Å². The molecule has 0 aromatic heterocycles. The number of unbranched alkanes of at least 4 members (excludes halogenated alkanes) is 10. The number of hydrogen-bond acceptors (Lipinski definition) is 3. The number of aliphatic hydroxyl groups excluding tert-OH is 1. The van der Waals surface area contributed by atoms with E-state index < -0.39 is 5.82 Å². The Kier molecular flexibility index (Phi) is 13.6. The number of benzene rings is 1. The summed E-state index contributed by atoms with van der Waals surface area (Å²) in [7, 11) is 0. The number of rotatable bonds is 16. The molecular weight excluding hydrogens is 341 g/mol. The van der Waals surface area contributed by atoms with E-state index in [-0.39, 0.29) is 24.9 Å². The fraction of sp³-hybridized carbons (Fsp3) is 0.696. The average molecular weight is 378 g/mol. The van der Waals surface area contributed by atoms with Gasteiger partial charge in [-0.15, -0.1) is 0 Å². The summed E-state index contributed by atoms with van der Waals surface area (Å²) >= 11 is 0. The molecule has 0 bridgehead atoms. The minimum absolute atomic E-state index is 0.00986. The van der Waals surface area contributed by atoms with Crippen LogP contribution in [0, 0.1) is 17.1 Å². The van der Waals surface area contributed by atoms with Crippen molar-refractivity contribution in [2.75, 3.05) is 6.61 Å². The summed E-state index contributed by atoms with van der Waals surface area (Å²) in [6.07, 6.45) is 14.9. The standard InChI is InChI=1S/C23H36FNO2/c1-2-3-4-5-6-7-8-9-10-11-12-13-22(18-26)27-19-20-14-15-23(24)21(16-20)17-25/h14-16,22,26H,2-13,18-19H2,1H3. The van der Waals surface area contributed by atoms with E-state index in [1.807, 2.05) is 6.07 Å². The second-order valence-electron chi connectivity index (χ2n) is 7.37. The minimum Gasteiger partial charge on any atom is -0.394 e. The molecule has 152 valence electrons. The molecule has 3 nitrogen and oxygen atoms in total. The molecule has 0 spiro atoms. The van der Waals surface area contributed by atoms with Crippen LogP contribution in [0.2, 0.25) is 0 Å². The molecule has 0 saturated heterocycles. The molecule has 1 rings (SSSR count). The van der Waals surface area contributed by atoms with E-state index in [1.54, 1.807) is 6.07 Å². The third-order valence-corrected chi connectivity index (χ3v) is 4.97. The van der Waals surface area contributed by atoms with Crippen LogP contribution in [-0.2, 0) is 11.3 Å². The molecule has 0 amide bonds. The first-order valence-corrected chi connectivity index (χ1v) is 10.6. The normalized spacial score (nSPS) is 12.1. The molecule has 0 heterocycles. The highest BCUT2D eigenvalue weighted by atomic mass is 19.1. The van der Waals surface area contributed by atoms with Crippen molar-refractivity contribution in [1.82, 2.24) is 0 Å². The fourth-order valence-electron chi connectivity index (χ4n) is 3.23. The van der Waals surface area contributed by atoms with Crippen molar-refractivity contribution >= 4 is 0 Å². The van der Waals surface area contributed by atoms with Crippen LogP contribution in [0.15, 0.2) is 18.2 Å². The fourth-order valence-corrected chi connectivity index (χ4v) is 3.23. The van der Waals surface area contributed by atoms with Gasteiger partial charge >= 0.3 is 0 Å². The molecule has 0 aliphatic carbocycles. The van der Waals surface area contributed by atoms with Gasteiger partial charge in [-0.1, -0.05) is 83.6 Å². The highest BCUT2D eigenvalue weighted by Crippen LogP contribution is 2.15. The van der Waals surface area contributed by atoms with Crippen LogP contribution in [0.4, 0.5) is 4.39 Å². The number of hydrogen-bond donors (Lipinski definition) is 1. The Morgan fingerprint density at radius 3 is 2.15 bits per heavy atom. The second-order valence-corrected chi connectivity index (χ2v) is 7.37. The molecule has 0 radical (unpaired) electrons. The monoisotopic (exact) mass is 377 g/mol. The van der Waals surface area contributed by atoms with Gasteiger partial charge in [-0.25, -0.2) is 4.39 Å². The summed E-state index contributed by atoms with van der Waals surface area (Å²) in [6, 6.07) is 6.24. The maximum absolute atomic E-state index is 13.3. The molecule has 0 aliphatic heterocycles. The zero-order chi connectivity index (χ0) is 19.7. The lowest BCUT2D eigenvalue weighted by atomic mass is 10.0. The van der Waals surface area contributed by atoms with Crippen LogP contribution in [0.5, 0.6) is 0 Å². The van der Waals surface area contributed by atoms with Crippen LogP contribution >= 0.6 is 0 Å². The number of halogens is 1. The van der Waals surface area contributed by atoms with Crippen LogP contribution in [0.3, 0.4) is 0 Å². The summed E-state index contributed by atoms with van der Waals surface area (Å²) in [4.78, 5) is 0. The molecule has 1 atom stereocenters. The number of nitriles is 1. The average Bonchev–Trinajstić information content (AvgIpc) is 2.69. The summed E-state index contributed by atoms with van der Waals surface area (Å²) in [5, 5.41) is 18.3. The van der Waals surface area contributed by atoms with Gasteiger partial charge in [0.15, 0.2) is 0 Å². The lowest BCUT2D eigenvalue weighted by molar-refractivity contribution is -0.00351. The van der Waals surface area contributed by atoms with E-state index >= 15 is 0 Å². The Hall–Kier alpha value is -1.44. The number of ether oxygens (including phenoxy) is 1. The van der Waals surface area contributed by atoms with Crippen molar-refractivity contribution in [3.63, 3.8) is 0 Å². The zero-order valence-corrected chi connectivity index (χ0v) is 16.9. The lowest BCUT2D eigenvalue weighted by Gasteiger charge is -2.15. The Morgan fingerprint density at radius 2 is 1.59 bits per heavy atom. The molecule has 1 aromatic carbocycles. The summed E-state index contributed by atoms with van der Waals surface area (Å²) < 4.78 is 19.0. The molecule has 0 saturated carbocycles. The maximum atomic E-state index is 13.3. The highest BCUT2D eigenvalue weighted by molar-refractivity contribution is 5.34. The minimum atomic E-state index is -0.513. The smallest absolute Gasteiger partial charge is 0.140 e. The number of nitrogens with zero attached hydrogens (tertiary/aromatic N) is 1. The van der Waals surface area contributed by atoms with Crippen molar-refractivity contribution in [2.45, 2.75) is 96.7 Å². The first-order chi connectivity index (χ1) is 13.2. The van der Waals surface area contributed by atoms with Crippen LogP contribution < -0.4 is 0 Å². The maximum Gasteiger partial charge on any atom is 0.140 e. The SMILES string of the molecule is CCCCCCCCCCCCCC(CO)OCc1ccc(F)c(C#N)c1. The quantitative estimate of drug-likeness (QED) is 0.345. The molecule has 1 N–H and O–H groups in total. The topological polar surface area (TPSA) is 53.2 Å². The first kappa shape index (κ1) is 23.6. The van der Waals surface area contributed by atoms with Crippen molar-refractivity contribution < 1.29 is 14.2 Å². The Bertz CT molecular complexity index is 542. The van der Waals surface area contributed by atoms with E-state index in [0.29, 0.717) is 0 Å². The largest absolute Gasteiger partial charge is 0.394 e. The van der Waals surface area contributed by atoms with Gasteiger partial charge in [0.25, 0.3) is 0 Å². The molecule has 27 heavy (non-hydrogen) atoms. The summed E-state index contributed by atoms with van der Waals surface area (Å²) in [5.74, 6) is -0.513. The van der Waals surface area contributed by atoms with Gasteiger partial charge in [0, 0.05) is 0 Å². The molecule has 1 unspecified atom stereocenters. The zero-order valence-electron chi connectivity index (χ0n) is 16.9. The van der Waals surface area contributed by atoms with Gasteiger partial charge in [0.2, 0.25) is 0 Å². The van der Waals surface area contributed by atoms with Crippen molar-refractivity contribution in [3.05, 3.63) is 35.1 Å². The predicted molar refractivity (Wildman–Crippen MR) is 108 cm³/mol. The van der Waals surface area contributed by atoms with Gasteiger partial charge in [0.1, 0.15) is 11.9 Å². The third-order valence-electron chi connectivity index (χ3n) is 4.97. The van der Waals surface area contributed by atoms with E-state index in [2.05, 4.69) is 6.92 Å². The van der Waals surface area contributed by atoms with Crippen molar-refractivity contribution in [3.8, 4) is 6.07 Å². The van der Waals surface area contributed by atoms with Crippen molar-refractivity contribution in [1.29, 1.82) is 5.26 Å². The molecule has 0 aliphatic rings. The van der Waals surface area contributed by atoms with Crippen molar-refractivity contribution in [2.24, 2.45) is 0 Å². The predicted octanol–water partition coefficient (Wildman–Crippen LogP) is 6.28. The van der Waals surface area contributed by atoms with Crippen LogP contribution in [0.1, 0.15) is 95.1 Å². The van der Waals surface area contributed by atoms with Gasteiger partial charge in [-0.2, -0.15) is 5.26 Å². The lowest BCUT2D eigenvalue weighted by Crippen LogP contribution is -2.17. The van der Waals surface area contributed by atoms with Crippen LogP contribution in [0.25, 0.3) is 0 Å². The van der Waals surface area contributed by atoms with E-state index in [4.69, 9.17) is 10.00 Å². The van der Waals surface area contributed by atoms with E-state index in [0.717, 1.165) is 18.4 Å². The van der Waals surface area contributed by atoms with Gasteiger partial charge in [0.05, 0.1) is 24.9 Å². The van der Waals surface area contributed by atoms with Gasteiger partial charge < -0.3 is 9.84 Å². The van der Waals surface area contributed by atoms with Gasteiger partial charge in [-0.05, 0) is 24.1 Å². The number of aliphatic hydroxyl groups is 1. The van der Waals surface area contributed by atoms with Crippen LogP contribution in [-0.4, -0.2) is 17.8 Å².